The van der Waals surface area contributed by atoms with Crippen LogP contribution in [-0.2, 0) is 0 Å². The summed E-state index contributed by atoms with van der Waals surface area (Å²) in [5.74, 6) is 0.538. The van der Waals surface area contributed by atoms with Gasteiger partial charge in [0, 0.05) is 11.9 Å². The molecule has 2 aromatic carbocycles. The van der Waals surface area contributed by atoms with Gasteiger partial charge in [-0.3, -0.25) is 4.99 Å². The molecule has 0 radical (unpaired) electrons. The molecule has 1 aromatic heterocycles. The summed E-state index contributed by atoms with van der Waals surface area (Å²) < 4.78 is 7.77. The minimum Gasteiger partial charge on any atom is -0.480 e. The average molecular weight is 477 g/mol. The van der Waals surface area contributed by atoms with Crippen LogP contribution in [0.15, 0.2) is 90.1 Å². The first-order valence-corrected chi connectivity index (χ1v) is 12.3. The number of rotatable bonds is 5. The van der Waals surface area contributed by atoms with E-state index in [1.165, 1.54) is 0 Å². The molecule has 2 aliphatic heterocycles. The number of nitrogens with one attached hydrogen (secondary N) is 2. The summed E-state index contributed by atoms with van der Waals surface area (Å²) in [6.45, 7) is 1.97. The largest absolute Gasteiger partial charge is 0.480 e. The molecule has 0 atom stereocenters. The molecule has 7 nitrogen and oxygen atoms in total. The Morgan fingerprint density at radius 3 is 2.58 bits per heavy atom. The number of hydrogen-bond acceptors (Lipinski definition) is 6. The third-order valence-electron chi connectivity index (χ3n) is 6.58. The molecule has 0 amide bonds. The number of benzene rings is 3. The van der Waals surface area contributed by atoms with Gasteiger partial charge >= 0.3 is 0 Å². The normalized spacial score (nSPS) is 14.9. The SMILES string of the molecule is COc1ncccc1Nc1cc2nc3ccccc3n(-c3ccccc3)c-2c/c1=N\C1CCNCC1. The molecule has 1 fully saturated rings. The van der Waals surface area contributed by atoms with Crippen LogP contribution in [0.25, 0.3) is 28.1 Å². The van der Waals surface area contributed by atoms with Crippen LogP contribution < -0.4 is 20.7 Å². The Morgan fingerprint density at radius 1 is 0.944 bits per heavy atom. The molecule has 6 rings (SSSR count). The van der Waals surface area contributed by atoms with Crippen LogP contribution in [0.2, 0.25) is 0 Å². The highest BCUT2D eigenvalue weighted by molar-refractivity contribution is 5.84. The van der Waals surface area contributed by atoms with Crippen molar-refractivity contribution in [3.8, 4) is 23.0 Å². The first kappa shape index (κ1) is 22.2. The molecular formula is C29H28N6O. The summed E-state index contributed by atoms with van der Waals surface area (Å²) in [5.41, 5.74) is 6.64. The molecule has 3 heterocycles. The van der Waals surface area contributed by atoms with Gasteiger partial charge in [-0.1, -0.05) is 30.3 Å². The number of pyridine rings is 1. The number of anilines is 2. The van der Waals surface area contributed by atoms with E-state index in [9.17, 15) is 0 Å². The Kier molecular flexibility index (Phi) is 6.05. The van der Waals surface area contributed by atoms with Crippen molar-refractivity contribution >= 4 is 22.4 Å². The lowest BCUT2D eigenvalue weighted by molar-refractivity contribution is 0.400. The van der Waals surface area contributed by atoms with Gasteiger partial charge in [-0.05, 0) is 74.5 Å². The molecule has 0 saturated carbocycles. The molecule has 1 saturated heterocycles. The molecule has 3 aromatic rings. The molecular weight excluding hydrogens is 448 g/mol. The maximum absolute atomic E-state index is 5.50. The summed E-state index contributed by atoms with van der Waals surface area (Å²) in [4.78, 5) is 14.6. The zero-order valence-electron chi connectivity index (χ0n) is 20.2. The van der Waals surface area contributed by atoms with Crippen molar-refractivity contribution in [2.75, 3.05) is 25.5 Å². The lowest BCUT2D eigenvalue weighted by Crippen LogP contribution is -2.31. The number of ether oxygens (including phenoxy) is 1. The van der Waals surface area contributed by atoms with Gasteiger partial charge < -0.3 is 19.9 Å². The van der Waals surface area contributed by atoms with E-state index in [1.807, 2.05) is 24.3 Å². The smallest absolute Gasteiger partial charge is 0.237 e. The van der Waals surface area contributed by atoms with E-state index in [0.29, 0.717) is 5.88 Å². The van der Waals surface area contributed by atoms with E-state index in [4.69, 9.17) is 14.7 Å². The second-order valence-electron chi connectivity index (χ2n) is 8.93. The van der Waals surface area contributed by atoms with Gasteiger partial charge in [-0.2, -0.15) is 0 Å². The first-order chi connectivity index (χ1) is 17.8. The minimum atomic E-state index is 0.263. The van der Waals surface area contributed by atoms with E-state index >= 15 is 0 Å². The Morgan fingerprint density at radius 2 is 1.75 bits per heavy atom. The third kappa shape index (κ3) is 4.29. The average Bonchev–Trinajstić information content (AvgIpc) is 2.93. The van der Waals surface area contributed by atoms with Crippen molar-refractivity contribution in [1.29, 1.82) is 0 Å². The Hall–Kier alpha value is -4.23. The molecule has 7 heteroatoms. The maximum Gasteiger partial charge on any atom is 0.237 e. The number of para-hydroxylation sites is 3. The summed E-state index contributed by atoms with van der Waals surface area (Å²) in [5, 5.41) is 7.88. The molecule has 36 heavy (non-hydrogen) atoms. The van der Waals surface area contributed by atoms with Crippen molar-refractivity contribution in [2.45, 2.75) is 18.9 Å². The van der Waals surface area contributed by atoms with Crippen LogP contribution in [0, 0.1) is 0 Å². The topological polar surface area (TPSA) is 76.4 Å². The summed E-state index contributed by atoms with van der Waals surface area (Å²) >= 11 is 0. The van der Waals surface area contributed by atoms with Crippen LogP contribution >= 0.6 is 0 Å². The quantitative estimate of drug-likeness (QED) is 0.352. The number of hydrogen-bond donors (Lipinski definition) is 2. The van der Waals surface area contributed by atoms with Crippen LogP contribution in [0.5, 0.6) is 5.88 Å². The predicted molar refractivity (Wildman–Crippen MR) is 143 cm³/mol. The van der Waals surface area contributed by atoms with E-state index in [0.717, 1.165) is 70.8 Å². The highest BCUT2D eigenvalue weighted by Crippen LogP contribution is 2.31. The van der Waals surface area contributed by atoms with Crippen LogP contribution in [0.3, 0.4) is 0 Å². The Balaban J connectivity index is 1.62. The van der Waals surface area contributed by atoms with Crippen molar-refractivity contribution in [3.05, 3.63) is 90.4 Å². The van der Waals surface area contributed by atoms with Crippen molar-refractivity contribution < 1.29 is 4.74 Å². The van der Waals surface area contributed by atoms with Gasteiger partial charge in [0.05, 0.1) is 46.6 Å². The van der Waals surface area contributed by atoms with E-state index in [-0.39, 0.29) is 6.04 Å². The van der Waals surface area contributed by atoms with Gasteiger partial charge in [0.15, 0.2) is 0 Å². The predicted octanol–water partition coefficient (Wildman–Crippen LogP) is 4.93. The van der Waals surface area contributed by atoms with Gasteiger partial charge in [0.2, 0.25) is 5.88 Å². The van der Waals surface area contributed by atoms with Crippen LogP contribution in [-0.4, -0.2) is 40.8 Å². The molecule has 0 bridgehead atoms. The number of fused-ring (bicyclic) bond motifs is 2. The van der Waals surface area contributed by atoms with Crippen molar-refractivity contribution in [3.63, 3.8) is 0 Å². The van der Waals surface area contributed by atoms with E-state index < -0.39 is 0 Å². The molecule has 0 spiro atoms. The molecule has 3 aliphatic rings. The Labute approximate surface area is 209 Å². The van der Waals surface area contributed by atoms with Gasteiger partial charge in [-0.25, -0.2) is 9.97 Å². The second kappa shape index (κ2) is 9.79. The zero-order chi connectivity index (χ0) is 24.3. The third-order valence-corrected chi connectivity index (χ3v) is 6.58. The fourth-order valence-electron chi connectivity index (χ4n) is 4.83. The molecule has 180 valence electrons. The van der Waals surface area contributed by atoms with Crippen LogP contribution in [0.1, 0.15) is 12.8 Å². The lowest BCUT2D eigenvalue weighted by Gasteiger charge is -2.22. The highest BCUT2D eigenvalue weighted by atomic mass is 16.5. The van der Waals surface area contributed by atoms with Crippen molar-refractivity contribution in [2.24, 2.45) is 4.99 Å². The Bertz CT molecular complexity index is 1540. The fraction of sp³-hybridized carbons (Fsp3) is 0.207. The van der Waals surface area contributed by atoms with E-state index in [2.05, 4.69) is 74.8 Å². The van der Waals surface area contributed by atoms with E-state index in [1.54, 1.807) is 13.3 Å². The number of aromatic nitrogens is 3. The van der Waals surface area contributed by atoms with Gasteiger partial charge in [-0.15, -0.1) is 0 Å². The standard InChI is InChI=1S/C29H28N6O/c1-36-29-23(11-7-15-31-29)34-24-18-26-28(19-25(24)32-20-13-16-30-17-14-20)35(21-8-3-2-4-9-21)27-12-6-5-10-22(27)33-26/h2-12,15,18-20,30,34H,13-14,16-17H2,1H3/b32-25+. The maximum atomic E-state index is 5.50. The molecule has 2 N–H and O–H groups in total. The summed E-state index contributed by atoms with van der Waals surface area (Å²) in [7, 11) is 1.63. The number of methoxy groups -OCH3 is 1. The van der Waals surface area contributed by atoms with Crippen LogP contribution in [0.4, 0.5) is 11.4 Å². The fourth-order valence-corrected chi connectivity index (χ4v) is 4.83. The summed E-state index contributed by atoms with van der Waals surface area (Å²) in [6, 6.07) is 27.0. The number of piperidine rings is 1. The monoisotopic (exact) mass is 476 g/mol. The molecule has 0 unspecified atom stereocenters. The minimum absolute atomic E-state index is 0.263. The number of nitrogens with zero attached hydrogens (tertiary/aromatic N) is 4. The first-order valence-electron chi connectivity index (χ1n) is 12.3. The van der Waals surface area contributed by atoms with Gasteiger partial charge in [0.25, 0.3) is 0 Å². The van der Waals surface area contributed by atoms with Gasteiger partial charge in [0.1, 0.15) is 5.69 Å². The van der Waals surface area contributed by atoms with Crippen molar-refractivity contribution in [1.82, 2.24) is 19.9 Å². The second-order valence-corrected chi connectivity index (χ2v) is 8.93. The summed E-state index contributed by atoms with van der Waals surface area (Å²) in [6.07, 6.45) is 3.76. The molecule has 1 aliphatic carbocycles. The zero-order valence-corrected chi connectivity index (χ0v) is 20.2. The highest BCUT2D eigenvalue weighted by Gasteiger charge is 2.18. The lowest BCUT2D eigenvalue weighted by atomic mass is 10.1.